The van der Waals surface area contributed by atoms with Gasteiger partial charge in [0.1, 0.15) is 0 Å². The Balaban J connectivity index is 1.63. The van der Waals surface area contributed by atoms with Gasteiger partial charge in [-0.15, -0.1) is 11.3 Å². The molecule has 1 heterocycles. The zero-order chi connectivity index (χ0) is 17.8. The summed E-state index contributed by atoms with van der Waals surface area (Å²) in [7, 11) is 0. The van der Waals surface area contributed by atoms with Crippen LogP contribution in [0.5, 0.6) is 0 Å². The molecule has 1 saturated carbocycles. The lowest BCUT2D eigenvalue weighted by Crippen LogP contribution is -2.39. The second kappa shape index (κ2) is 7.96. The molecule has 1 amide bonds. The Labute approximate surface area is 153 Å². The van der Waals surface area contributed by atoms with Crippen molar-refractivity contribution in [1.82, 2.24) is 4.90 Å². The molecule has 1 atom stereocenters. The van der Waals surface area contributed by atoms with E-state index in [1.807, 2.05) is 42.2 Å². The summed E-state index contributed by atoms with van der Waals surface area (Å²) >= 11 is 1.51. The number of nitrogens with zero attached hydrogens (tertiary/aromatic N) is 1. The first kappa shape index (κ1) is 17.9. The maximum atomic E-state index is 12.8. The van der Waals surface area contributed by atoms with Gasteiger partial charge in [0.05, 0.1) is 4.88 Å². The molecular weight excluding hydrogens is 330 g/mol. The quantitative estimate of drug-likeness (QED) is 0.635. The number of hydrogen-bond donors (Lipinski definition) is 0. The largest absolute Gasteiger partial charge is 0.335 e. The number of ketones is 1. The molecule has 0 aliphatic heterocycles. The topological polar surface area (TPSA) is 37.4 Å². The van der Waals surface area contributed by atoms with Crippen LogP contribution < -0.4 is 0 Å². The Morgan fingerprint density at radius 2 is 1.84 bits per heavy atom. The summed E-state index contributed by atoms with van der Waals surface area (Å²) in [6, 6.07) is 14.2. The predicted molar refractivity (Wildman–Crippen MR) is 102 cm³/mol. The van der Waals surface area contributed by atoms with E-state index in [2.05, 4.69) is 19.1 Å². The van der Waals surface area contributed by atoms with Crippen LogP contribution in [-0.4, -0.2) is 22.6 Å². The van der Waals surface area contributed by atoms with E-state index in [0.717, 1.165) is 15.3 Å². The van der Waals surface area contributed by atoms with E-state index in [9.17, 15) is 9.59 Å². The number of carbonyl (C=O) groups is 2. The molecule has 1 aliphatic rings. The first-order valence-electron chi connectivity index (χ1n) is 8.97. The van der Waals surface area contributed by atoms with Gasteiger partial charge in [-0.2, -0.15) is 0 Å². The molecule has 0 bridgehead atoms. The number of benzene rings is 1. The number of thiophene rings is 1. The van der Waals surface area contributed by atoms with Crippen LogP contribution in [0, 0.1) is 12.8 Å². The summed E-state index contributed by atoms with van der Waals surface area (Å²) in [6.45, 7) is 4.76. The standard InChI is InChI=1S/C21H25NO2S/c1-15-8-12-20(25-15)19(23)11-13-21(24)22(16(2)18-9-10-18)14-17-6-4-3-5-7-17/h3-8,12,16,18H,9-11,13-14H2,1-2H3. The third kappa shape index (κ3) is 4.79. The third-order valence-electron chi connectivity index (χ3n) is 4.89. The molecule has 1 aromatic heterocycles. The zero-order valence-corrected chi connectivity index (χ0v) is 15.7. The number of rotatable bonds is 8. The average Bonchev–Trinajstić information content (AvgIpc) is 3.38. The molecule has 1 aromatic carbocycles. The summed E-state index contributed by atoms with van der Waals surface area (Å²) in [5.41, 5.74) is 1.14. The van der Waals surface area contributed by atoms with Crippen molar-refractivity contribution in [3.63, 3.8) is 0 Å². The van der Waals surface area contributed by atoms with Crippen molar-refractivity contribution in [2.75, 3.05) is 0 Å². The van der Waals surface area contributed by atoms with Crippen molar-refractivity contribution < 1.29 is 9.59 Å². The van der Waals surface area contributed by atoms with Crippen LogP contribution in [0.1, 0.15) is 52.7 Å². The van der Waals surface area contributed by atoms with Crippen molar-refractivity contribution in [2.45, 2.75) is 52.1 Å². The fourth-order valence-corrected chi connectivity index (χ4v) is 3.98. The molecule has 4 heteroatoms. The van der Waals surface area contributed by atoms with Crippen molar-refractivity contribution in [3.05, 3.63) is 57.8 Å². The second-order valence-corrected chi connectivity index (χ2v) is 8.21. The van der Waals surface area contributed by atoms with Crippen molar-refractivity contribution in [3.8, 4) is 0 Å². The maximum Gasteiger partial charge on any atom is 0.223 e. The van der Waals surface area contributed by atoms with Gasteiger partial charge in [0.2, 0.25) is 5.91 Å². The van der Waals surface area contributed by atoms with Gasteiger partial charge in [0, 0.05) is 30.3 Å². The highest BCUT2D eigenvalue weighted by molar-refractivity contribution is 7.14. The first-order valence-corrected chi connectivity index (χ1v) is 9.79. The molecule has 0 saturated heterocycles. The van der Waals surface area contributed by atoms with Crippen LogP contribution in [0.4, 0.5) is 0 Å². The van der Waals surface area contributed by atoms with Crippen molar-refractivity contribution in [2.24, 2.45) is 5.92 Å². The first-order chi connectivity index (χ1) is 12.0. The molecule has 3 rings (SSSR count). The van der Waals surface area contributed by atoms with Crippen LogP contribution in [-0.2, 0) is 11.3 Å². The Bertz CT molecular complexity index is 733. The molecular formula is C21H25NO2S. The predicted octanol–water partition coefficient (Wildman–Crippen LogP) is 4.85. The molecule has 1 fully saturated rings. The number of Topliss-reactive ketones (excluding diaryl/α,β-unsaturated/α-hetero) is 1. The van der Waals surface area contributed by atoms with Crippen LogP contribution in [0.3, 0.4) is 0 Å². The Morgan fingerprint density at radius 3 is 2.44 bits per heavy atom. The molecule has 0 radical (unpaired) electrons. The lowest BCUT2D eigenvalue weighted by molar-refractivity contribution is -0.134. The normalized spacial score (nSPS) is 15.0. The molecule has 0 spiro atoms. The number of carbonyl (C=O) groups excluding carboxylic acids is 2. The minimum Gasteiger partial charge on any atom is -0.335 e. The van der Waals surface area contributed by atoms with Gasteiger partial charge in [-0.1, -0.05) is 30.3 Å². The van der Waals surface area contributed by atoms with Crippen molar-refractivity contribution in [1.29, 1.82) is 0 Å². The Morgan fingerprint density at radius 1 is 1.12 bits per heavy atom. The van der Waals surface area contributed by atoms with E-state index in [0.29, 0.717) is 25.3 Å². The highest BCUT2D eigenvalue weighted by Gasteiger charge is 2.34. The Hall–Kier alpha value is -1.94. The van der Waals surface area contributed by atoms with Gasteiger partial charge in [-0.3, -0.25) is 9.59 Å². The second-order valence-electron chi connectivity index (χ2n) is 6.92. The van der Waals surface area contributed by atoms with E-state index in [4.69, 9.17) is 0 Å². The van der Waals surface area contributed by atoms with Crippen molar-refractivity contribution >= 4 is 23.0 Å². The third-order valence-corrected chi connectivity index (χ3v) is 5.93. The highest BCUT2D eigenvalue weighted by atomic mass is 32.1. The van der Waals surface area contributed by atoms with E-state index >= 15 is 0 Å². The number of hydrogen-bond acceptors (Lipinski definition) is 3. The number of aryl methyl sites for hydroxylation is 1. The zero-order valence-electron chi connectivity index (χ0n) is 14.9. The molecule has 0 N–H and O–H groups in total. The molecule has 3 nitrogen and oxygen atoms in total. The summed E-state index contributed by atoms with van der Waals surface area (Å²) in [6.07, 6.45) is 2.99. The SMILES string of the molecule is Cc1ccc(C(=O)CCC(=O)N(Cc2ccccc2)C(C)C2CC2)s1. The molecule has 132 valence electrons. The molecule has 1 unspecified atom stereocenters. The molecule has 2 aromatic rings. The lowest BCUT2D eigenvalue weighted by atomic mass is 10.1. The maximum absolute atomic E-state index is 12.8. The summed E-state index contributed by atoms with van der Waals surface area (Å²) in [4.78, 5) is 29.0. The lowest BCUT2D eigenvalue weighted by Gasteiger charge is -2.29. The fraction of sp³-hybridized carbons (Fsp3) is 0.429. The van der Waals surface area contributed by atoms with Gasteiger partial charge in [-0.05, 0) is 50.3 Å². The minimum atomic E-state index is 0.0742. The Kier molecular flexibility index (Phi) is 5.69. The number of amides is 1. The van der Waals surface area contributed by atoms with E-state index in [-0.39, 0.29) is 17.7 Å². The average molecular weight is 356 g/mol. The van der Waals surface area contributed by atoms with Crippen LogP contribution in [0.15, 0.2) is 42.5 Å². The van der Waals surface area contributed by atoms with Crippen LogP contribution in [0.2, 0.25) is 0 Å². The smallest absolute Gasteiger partial charge is 0.223 e. The van der Waals surface area contributed by atoms with Gasteiger partial charge in [0.25, 0.3) is 0 Å². The molecule has 1 aliphatic carbocycles. The van der Waals surface area contributed by atoms with Crippen LogP contribution in [0.25, 0.3) is 0 Å². The summed E-state index contributed by atoms with van der Waals surface area (Å²) in [5, 5.41) is 0. The van der Waals surface area contributed by atoms with Crippen LogP contribution >= 0.6 is 11.3 Å². The molecule has 25 heavy (non-hydrogen) atoms. The van der Waals surface area contributed by atoms with E-state index < -0.39 is 0 Å². The van der Waals surface area contributed by atoms with Gasteiger partial charge >= 0.3 is 0 Å². The van der Waals surface area contributed by atoms with Gasteiger partial charge in [-0.25, -0.2) is 0 Å². The van der Waals surface area contributed by atoms with E-state index in [1.165, 1.54) is 24.2 Å². The highest BCUT2D eigenvalue weighted by Crippen LogP contribution is 2.36. The summed E-state index contributed by atoms with van der Waals surface area (Å²) in [5.74, 6) is 0.776. The van der Waals surface area contributed by atoms with E-state index in [1.54, 1.807) is 0 Å². The van der Waals surface area contributed by atoms with Gasteiger partial charge in [0.15, 0.2) is 5.78 Å². The minimum absolute atomic E-state index is 0.0742. The monoisotopic (exact) mass is 355 g/mol. The van der Waals surface area contributed by atoms with Gasteiger partial charge < -0.3 is 4.90 Å². The summed E-state index contributed by atoms with van der Waals surface area (Å²) < 4.78 is 0. The fourth-order valence-electron chi connectivity index (χ4n) is 3.14.